The van der Waals surface area contributed by atoms with Gasteiger partial charge in [0.25, 0.3) is 0 Å². The first-order chi connectivity index (χ1) is 5.16. The van der Waals surface area contributed by atoms with Crippen LogP contribution in [0.2, 0.25) is 48.2 Å². The summed E-state index contributed by atoms with van der Waals surface area (Å²) in [5.74, 6) is 0. The standard InChI is InChI=1S/2C5H5.C.Fe/c2*1-2-4-5-3-1;;/h2*1-5H;;. The van der Waals surface area contributed by atoms with Gasteiger partial charge in [-0.25, -0.2) is 0 Å². The van der Waals surface area contributed by atoms with Crippen molar-refractivity contribution in [3.8, 4) is 0 Å². The summed E-state index contributed by atoms with van der Waals surface area (Å²) < 4.78 is 0. The van der Waals surface area contributed by atoms with E-state index in [9.17, 15) is 0 Å². The summed E-state index contributed by atoms with van der Waals surface area (Å²) in [6.45, 7) is -2.28. The number of hydrogen-bond donors (Lipinski definition) is 0. The molecule has 0 aromatic rings. The summed E-state index contributed by atoms with van der Waals surface area (Å²) >= 11 is 0. The van der Waals surface area contributed by atoms with Gasteiger partial charge >= 0.3 is 54.7 Å². The van der Waals surface area contributed by atoms with Crippen molar-refractivity contribution in [2.75, 3.05) is 0 Å². The third kappa shape index (κ3) is 0.0237. The fourth-order valence-corrected chi connectivity index (χ4v) is 88.0. The topological polar surface area (TPSA) is 0 Å². The van der Waals surface area contributed by atoms with Crippen LogP contribution >= 0.6 is 0 Å². The minimum absolute atomic E-state index is 0. The second kappa shape index (κ2) is 0.224. The van der Waals surface area contributed by atoms with Gasteiger partial charge in [0, 0.05) is 7.43 Å². The molecule has 0 bridgehead atoms. The van der Waals surface area contributed by atoms with Crippen LogP contribution in [-0.2, 0) is 6.51 Å². The maximum atomic E-state index is 1.59. The Bertz CT molecular complexity index is 572. The Morgan fingerprint density at radius 2 is 0.583 bits per heavy atom. The molecule has 10 aliphatic rings. The van der Waals surface area contributed by atoms with Crippen LogP contribution in [0.15, 0.2) is 0 Å². The van der Waals surface area contributed by atoms with Crippen LogP contribution in [0.25, 0.3) is 0 Å². The SMILES string of the molecule is [CH]12[CH]3[CH]4[CH]5[CH]1[Fe]23451678[CH]2[CH]1[CH]6[CH]7[CH]28.[C]. The summed E-state index contributed by atoms with van der Waals surface area (Å²) in [5.41, 5.74) is 0. The third-order valence-corrected chi connectivity index (χ3v) is 56.5. The van der Waals surface area contributed by atoms with Gasteiger partial charge < -0.3 is 0 Å². The van der Waals surface area contributed by atoms with Gasteiger partial charge in [-0.2, -0.15) is 0 Å². The number of rotatable bonds is 0. The Morgan fingerprint density at radius 1 is 0.417 bits per heavy atom. The van der Waals surface area contributed by atoms with Crippen LogP contribution in [-0.4, -0.2) is 0 Å². The Balaban J connectivity index is 0.000000400. The van der Waals surface area contributed by atoms with Crippen LogP contribution in [0.3, 0.4) is 0 Å². The maximum absolute atomic E-state index is 2.28. The molecule has 1 spiro atoms. The number of fused-ring (bicyclic) bond motifs is 10. The van der Waals surface area contributed by atoms with Crippen molar-refractivity contribution < 1.29 is 6.51 Å². The smallest absolute Gasteiger partial charge is 0 e. The molecule has 10 heterocycles. The van der Waals surface area contributed by atoms with Crippen LogP contribution in [0, 0.1) is 7.43 Å². The molecule has 1 heteroatoms. The molecule has 62 valence electrons. The van der Waals surface area contributed by atoms with Crippen LogP contribution < -0.4 is 0 Å². The molecule has 10 rings (SSSR count). The molecule has 0 aromatic carbocycles. The predicted molar refractivity (Wildman–Crippen MR) is 40.7 cm³/mol. The van der Waals surface area contributed by atoms with E-state index in [2.05, 4.69) is 0 Å². The average Bonchev–Trinajstić information content (AvgIpc) is 3.01. The second-order valence-corrected chi connectivity index (χ2v) is 33.5. The van der Waals surface area contributed by atoms with E-state index in [0.29, 0.717) is 0 Å². The van der Waals surface area contributed by atoms with E-state index >= 15 is 0 Å². The van der Waals surface area contributed by atoms with Crippen molar-refractivity contribution in [1.29, 1.82) is 0 Å². The summed E-state index contributed by atoms with van der Waals surface area (Å²) in [4.78, 5) is 15.9. The van der Waals surface area contributed by atoms with Gasteiger partial charge in [-0.05, 0) is 0 Å². The average molecular weight is 198 g/mol. The van der Waals surface area contributed by atoms with Gasteiger partial charge in [-0.1, -0.05) is 0 Å². The Kier molecular flexibility index (Phi) is 0.0735. The molecular formula is C11H10Fe. The Labute approximate surface area is 62.4 Å². The van der Waals surface area contributed by atoms with Crippen molar-refractivity contribution >= 4 is 0 Å². The van der Waals surface area contributed by atoms with Crippen molar-refractivity contribution in [1.82, 2.24) is 0 Å². The normalized spacial score (nSPS) is 157. The molecule has 0 aromatic heterocycles. The largest absolute Gasteiger partial charge is 0 e. The quantitative estimate of drug-likeness (QED) is 0.523. The summed E-state index contributed by atoms with van der Waals surface area (Å²) in [7, 11) is 0. The molecular weight excluding hydrogens is 188 g/mol. The molecule has 10 fully saturated rings. The van der Waals surface area contributed by atoms with E-state index in [1.165, 1.54) is 0 Å². The molecule has 0 saturated carbocycles. The van der Waals surface area contributed by atoms with E-state index in [0.717, 1.165) is 0 Å². The third-order valence-electron chi connectivity index (χ3n) is 14.5. The van der Waals surface area contributed by atoms with Gasteiger partial charge in [-0.15, -0.1) is 0 Å². The van der Waals surface area contributed by atoms with Gasteiger partial charge in [0.15, 0.2) is 0 Å². The molecule has 0 aliphatic carbocycles. The molecule has 0 nitrogen and oxygen atoms in total. The van der Waals surface area contributed by atoms with Gasteiger partial charge in [-0.3, -0.25) is 0 Å². The maximum Gasteiger partial charge on any atom is 0 e. The molecule has 12 heavy (non-hydrogen) atoms. The fourth-order valence-electron chi connectivity index (χ4n) is 15.8. The van der Waals surface area contributed by atoms with Crippen LogP contribution in [0.4, 0.5) is 0 Å². The van der Waals surface area contributed by atoms with Crippen molar-refractivity contribution in [3.63, 3.8) is 0 Å². The van der Waals surface area contributed by atoms with Gasteiger partial charge in [0.2, 0.25) is 0 Å². The zero-order valence-electron chi connectivity index (χ0n) is 6.63. The molecule has 10 aliphatic heterocycles. The summed E-state index contributed by atoms with van der Waals surface area (Å²) in [6, 6.07) is 0. The van der Waals surface area contributed by atoms with E-state index in [4.69, 9.17) is 0 Å². The van der Waals surface area contributed by atoms with E-state index in [1.807, 2.05) is 0 Å². The molecule has 4 radical (unpaired) electrons. The molecule has 10 saturated heterocycles. The first kappa shape index (κ1) is 3.95. The van der Waals surface area contributed by atoms with Gasteiger partial charge in [0.1, 0.15) is 0 Å². The minimum Gasteiger partial charge on any atom is 0 e. The first-order valence-electron chi connectivity index (χ1n) is 5.37. The van der Waals surface area contributed by atoms with E-state index in [-0.39, 0.29) is 7.43 Å². The second-order valence-electron chi connectivity index (χ2n) is 9.58. The Morgan fingerprint density at radius 3 is 0.583 bits per heavy atom. The predicted octanol–water partition coefficient (Wildman–Crippen LogP) is 3.46. The van der Waals surface area contributed by atoms with E-state index in [1.54, 1.807) is 48.2 Å². The zero-order chi connectivity index (χ0) is 6.09. The summed E-state index contributed by atoms with van der Waals surface area (Å²) in [6.07, 6.45) is 0. The molecule has 0 amide bonds. The first-order valence-corrected chi connectivity index (χ1v) is 11.7. The molecule has 0 atom stereocenters. The van der Waals surface area contributed by atoms with E-state index < -0.39 is 6.51 Å². The minimum atomic E-state index is -2.28. The van der Waals surface area contributed by atoms with Crippen molar-refractivity contribution in [2.24, 2.45) is 0 Å². The Hall–Kier alpha value is 0.519. The summed E-state index contributed by atoms with van der Waals surface area (Å²) in [5, 5.41) is 0. The number of hydrogen-bond acceptors (Lipinski definition) is 0. The van der Waals surface area contributed by atoms with Crippen LogP contribution in [0.1, 0.15) is 0 Å². The zero-order valence-corrected chi connectivity index (χ0v) is 7.73. The van der Waals surface area contributed by atoms with Crippen molar-refractivity contribution in [2.45, 2.75) is 48.2 Å². The van der Waals surface area contributed by atoms with Gasteiger partial charge in [0.05, 0.1) is 0 Å². The molecule has 0 N–H and O–H groups in total. The molecule has 0 unspecified atom stereocenters. The monoisotopic (exact) mass is 198 g/mol. The van der Waals surface area contributed by atoms with Crippen molar-refractivity contribution in [3.05, 3.63) is 7.43 Å². The fraction of sp³-hybridized carbons (Fsp3) is 0.909. The van der Waals surface area contributed by atoms with Crippen LogP contribution in [0.5, 0.6) is 0 Å².